The molecule has 1 saturated heterocycles. The molecule has 0 radical (unpaired) electrons. The van der Waals surface area contributed by atoms with Crippen molar-refractivity contribution in [1.82, 2.24) is 4.31 Å². The molecule has 2 aromatic rings. The van der Waals surface area contributed by atoms with Crippen molar-refractivity contribution in [2.24, 2.45) is 5.92 Å². The summed E-state index contributed by atoms with van der Waals surface area (Å²) in [7, 11) is -3.72. The Morgan fingerprint density at radius 3 is 2.61 bits per heavy atom. The number of piperidine rings is 1. The predicted octanol–water partition coefficient (Wildman–Crippen LogP) is 3.43. The number of carbonyl (C=O) groups excluding carboxylic acids is 2. The molecule has 33 heavy (non-hydrogen) atoms. The zero-order chi connectivity index (χ0) is 23.8. The molecule has 2 aliphatic heterocycles. The molecule has 2 heterocycles. The highest BCUT2D eigenvalue weighted by atomic mass is 35.5. The fraction of sp³-hybridized carbons (Fsp3) is 0.391. The van der Waals surface area contributed by atoms with Crippen molar-refractivity contribution in [3.63, 3.8) is 0 Å². The Morgan fingerprint density at radius 1 is 1.18 bits per heavy atom. The number of aryl methyl sites for hydroxylation is 1. The summed E-state index contributed by atoms with van der Waals surface area (Å²) in [6, 6.07) is 9.52. The standard InChI is InChI=1S/C23H26ClN3O5S/c1-15-7-9-26(10-8-15)33(30,31)18-4-6-21-20(12-18)27(23(29)14-32-21)13-22(28)25-19-5-3-17(24)11-16(19)2/h3-6,11-12,15H,7-10,13-14H2,1-2H3,(H,25,28). The quantitative estimate of drug-likeness (QED) is 0.691. The summed E-state index contributed by atoms with van der Waals surface area (Å²) in [5.74, 6) is 0.00676. The van der Waals surface area contributed by atoms with E-state index in [1.165, 1.54) is 27.4 Å². The summed E-state index contributed by atoms with van der Waals surface area (Å²) in [5.41, 5.74) is 1.63. The molecule has 0 spiro atoms. The maximum Gasteiger partial charge on any atom is 0.265 e. The number of fused-ring (bicyclic) bond motifs is 1. The van der Waals surface area contributed by atoms with Gasteiger partial charge in [0, 0.05) is 23.8 Å². The average molecular weight is 492 g/mol. The summed E-state index contributed by atoms with van der Waals surface area (Å²) >= 11 is 5.97. The van der Waals surface area contributed by atoms with E-state index in [0.717, 1.165) is 18.4 Å². The number of sulfonamides is 1. The van der Waals surface area contributed by atoms with Crippen LogP contribution in [0.3, 0.4) is 0 Å². The van der Waals surface area contributed by atoms with Crippen LogP contribution in [0.4, 0.5) is 11.4 Å². The van der Waals surface area contributed by atoms with Crippen LogP contribution in [-0.2, 0) is 19.6 Å². The second-order valence-electron chi connectivity index (χ2n) is 8.49. The summed E-state index contributed by atoms with van der Waals surface area (Å²) in [4.78, 5) is 26.7. The Bertz CT molecular complexity index is 1190. The van der Waals surface area contributed by atoms with Crippen molar-refractivity contribution in [2.75, 3.05) is 36.5 Å². The molecule has 2 aromatic carbocycles. The fourth-order valence-electron chi connectivity index (χ4n) is 3.99. The first kappa shape index (κ1) is 23.5. The molecule has 10 heteroatoms. The van der Waals surface area contributed by atoms with Gasteiger partial charge < -0.3 is 10.1 Å². The Kier molecular flexibility index (Phi) is 6.65. The third kappa shape index (κ3) is 5.00. The van der Waals surface area contributed by atoms with Crippen LogP contribution in [0.25, 0.3) is 0 Å². The molecular formula is C23H26ClN3O5S. The molecule has 0 unspecified atom stereocenters. The number of nitrogens with zero attached hydrogens (tertiary/aromatic N) is 2. The molecule has 8 nitrogen and oxygen atoms in total. The lowest BCUT2D eigenvalue weighted by Crippen LogP contribution is -2.43. The fourth-order valence-corrected chi connectivity index (χ4v) is 5.71. The van der Waals surface area contributed by atoms with E-state index < -0.39 is 21.8 Å². The minimum Gasteiger partial charge on any atom is -0.482 e. The van der Waals surface area contributed by atoms with Crippen LogP contribution in [0, 0.1) is 12.8 Å². The lowest BCUT2D eigenvalue weighted by Gasteiger charge is -2.31. The Morgan fingerprint density at radius 2 is 1.91 bits per heavy atom. The first-order chi connectivity index (χ1) is 15.6. The van der Waals surface area contributed by atoms with Crippen molar-refractivity contribution < 1.29 is 22.7 Å². The van der Waals surface area contributed by atoms with E-state index in [4.69, 9.17) is 16.3 Å². The molecule has 0 atom stereocenters. The Labute approximate surface area is 198 Å². The molecule has 2 aliphatic rings. The van der Waals surface area contributed by atoms with Crippen molar-refractivity contribution in [3.05, 3.63) is 47.0 Å². The van der Waals surface area contributed by atoms with Crippen molar-refractivity contribution in [2.45, 2.75) is 31.6 Å². The maximum atomic E-state index is 13.2. The summed E-state index contributed by atoms with van der Waals surface area (Å²) in [6.45, 7) is 4.35. The zero-order valence-electron chi connectivity index (χ0n) is 18.5. The average Bonchev–Trinajstić information content (AvgIpc) is 2.77. The number of hydrogen-bond donors (Lipinski definition) is 1. The van der Waals surface area contributed by atoms with E-state index in [-0.39, 0.29) is 23.7 Å². The van der Waals surface area contributed by atoms with Crippen LogP contribution in [0.15, 0.2) is 41.3 Å². The monoisotopic (exact) mass is 491 g/mol. The van der Waals surface area contributed by atoms with E-state index in [1.807, 2.05) is 6.92 Å². The number of nitrogens with one attached hydrogen (secondary N) is 1. The summed E-state index contributed by atoms with van der Waals surface area (Å²) in [5, 5.41) is 3.33. The molecule has 176 valence electrons. The zero-order valence-corrected chi connectivity index (χ0v) is 20.1. The molecular weight excluding hydrogens is 466 g/mol. The van der Waals surface area contributed by atoms with Gasteiger partial charge in [-0.1, -0.05) is 18.5 Å². The van der Waals surface area contributed by atoms with E-state index in [1.54, 1.807) is 18.2 Å². The lowest BCUT2D eigenvalue weighted by molar-refractivity contribution is -0.123. The van der Waals surface area contributed by atoms with Crippen molar-refractivity contribution >= 4 is 44.8 Å². The number of halogens is 1. The molecule has 0 bridgehead atoms. The first-order valence-electron chi connectivity index (χ1n) is 10.8. The number of anilines is 2. The van der Waals surface area contributed by atoms with Gasteiger partial charge >= 0.3 is 0 Å². The number of amides is 2. The van der Waals surface area contributed by atoms with Crippen LogP contribution in [0.5, 0.6) is 5.75 Å². The molecule has 0 aromatic heterocycles. The maximum absolute atomic E-state index is 13.2. The molecule has 4 rings (SSSR count). The second-order valence-corrected chi connectivity index (χ2v) is 10.9. The normalized spacial score (nSPS) is 17.4. The highest BCUT2D eigenvalue weighted by Crippen LogP contribution is 2.35. The van der Waals surface area contributed by atoms with E-state index >= 15 is 0 Å². The number of rotatable bonds is 5. The Hall–Kier alpha value is -2.62. The minimum atomic E-state index is -3.72. The lowest BCUT2D eigenvalue weighted by atomic mass is 10.0. The number of hydrogen-bond acceptors (Lipinski definition) is 5. The Balaban J connectivity index is 1.57. The molecule has 0 aliphatic carbocycles. The van der Waals surface area contributed by atoms with Gasteiger partial charge in [0.2, 0.25) is 15.9 Å². The molecule has 1 fully saturated rings. The second kappa shape index (κ2) is 9.32. The molecule has 1 N–H and O–H groups in total. The number of benzene rings is 2. The van der Waals surface area contributed by atoms with Crippen LogP contribution in [-0.4, -0.2) is 50.8 Å². The van der Waals surface area contributed by atoms with Crippen LogP contribution in [0.2, 0.25) is 5.02 Å². The number of ether oxygens (including phenoxy) is 1. The van der Waals surface area contributed by atoms with Gasteiger partial charge in [-0.25, -0.2) is 8.42 Å². The molecule has 2 amide bonds. The van der Waals surface area contributed by atoms with Crippen LogP contribution >= 0.6 is 11.6 Å². The van der Waals surface area contributed by atoms with E-state index in [0.29, 0.717) is 35.5 Å². The van der Waals surface area contributed by atoms with E-state index in [9.17, 15) is 18.0 Å². The third-order valence-corrected chi connectivity index (χ3v) is 8.15. The third-order valence-electron chi connectivity index (χ3n) is 6.02. The predicted molar refractivity (Wildman–Crippen MR) is 126 cm³/mol. The van der Waals surface area contributed by atoms with Gasteiger partial charge in [-0.2, -0.15) is 4.31 Å². The topological polar surface area (TPSA) is 96.0 Å². The van der Waals surface area contributed by atoms with Crippen molar-refractivity contribution in [3.8, 4) is 5.75 Å². The highest BCUT2D eigenvalue weighted by molar-refractivity contribution is 7.89. The van der Waals surface area contributed by atoms with Gasteiger partial charge in [-0.05, 0) is 67.6 Å². The van der Waals surface area contributed by atoms with Crippen molar-refractivity contribution in [1.29, 1.82) is 0 Å². The summed E-state index contributed by atoms with van der Waals surface area (Å²) < 4.78 is 33.3. The largest absolute Gasteiger partial charge is 0.482 e. The molecule has 0 saturated carbocycles. The van der Waals surface area contributed by atoms with Gasteiger partial charge in [0.1, 0.15) is 12.3 Å². The number of carbonyl (C=O) groups is 2. The van der Waals surface area contributed by atoms with Gasteiger partial charge in [0.05, 0.1) is 10.6 Å². The van der Waals surface area contributed by atoms with Crippen LogP contribution < -0.4 is 15.0 Å². The van der Waals surface area contributed by atoms with Gasteiger partial charge in [-0.3, -0.25) is 14.5 Å². The summed E-state index contributed by atoms with van der Waals surface area (Å²) in [6.07, 6.45) is 1.62. The van der Waals surface area contributed by atoms with Gasteiger partial charge in [0.25, 0.3) is 5.91 Å². The smallest absolute Gasteiger partial charge is 0.265 e. The minimum absolute atomic E-state index is 0.0769. The first-order valence-corrected chi connectivity index (χ1v) is 12.6. The van der Waals surface area contributed by atoms with Crippen LogP contribution in [0.1, 0.15) is 25.3 Å². The SMILES string of the molecule is Cc1cc(Cl)ccc1NC(=O)CN1C(=O)COc2ccc(S(=O)(=O)N3CCC(C)CC3)cc21. The highest BCUT2D eigenvalue weighted by Gasteiger charge is 2.32. The van der Waals surface area contributed by atoms with Gasteiger partial charge in [0.15, 0.2) is 6.61 Å². The van der Waals surface area contributed by atoms with Gasteiger partial charge in [-0.15, -0.1) is 0 Å². The van der Waals surface area contributed by atoms with E-state index in [2.05, 4.69) is 12.2 Å².